The minimum absolute atomic E-state index is 0.254. The third-order valence-corrected chi connectivity index (χ3v) is 5.63. The Morgan fingerprint density at radius 3 is 2.69 bits per heavy atom. The summed E-state index contributed by atoms with van der Waals surface area (Å²) in [7, 11) is 0. The number of hydrogen-bond acceptors (Lipinski definition) is 4. The number of ether oxygens (including phenoxy) is 1. The van der Waals surface area contributed by atoms with E-state index in [1.807, 2.05) is 18.2 Å². The normalized spacial score (nSPS) is 20.4. The Morgan fingerprint density at radius 2 is 2.03 bits per heavy atom. The van der Waals surface area contributed by atoms with E-state index in [1.54, 1.807) is 24.0 Å². The van der Waals surface area contributed by atoms with Gasteiger partial charge >= 0.3 is 12.0 Å². The molecule has 0 saturated carbocycles. The summed E-state index contributed by atoms with van der Waals surface area (Å²) in [5, 5.41) is 3.44. The maximum atomic E-state index is 13.1. The second-order valence-corrected chi connectivity index (χ2v) is 7.63. The Bertz CT molecular complexity index is 802. The molecule has 6 nitrogen and oxygen atoms in total. The molecule has 0 bridgehead atoms. The van der Waals surface area contributed by atoms with Gasteiger partial charge in [-0.15, -0.1) is 6.58 Å². The van der Waals surface area contributed by atoms with Gasteiger partial charge in [0.1, 0.15) is 0 Å². The number of esters is 1. The highest BCUT2D eigenvalue weighted by atomic mass is 35.5. The Hall–Kier alpha value is -2.31. The first kappa shape index (κ1) is 21.4. The van der Waals surface area contributed by atoms with E-state index in [0.717, 1.165) is 25.9 Å². The highest BCUT2D eigenvalue weighted by molar-refractivity contribution is 6.31. The number of urea groups is 1. The van der Waals surface area contributed by atoms with Gasteiger partial charge in [-0.3, -0.25) is 9.80 Å². The summed E-state index contributed by atoms with van der Waals surface area (Å²) >= 11 is 6.42. The van der Waals surface area contributed by atoms with E-state index >= 15 is 0 Å². The van der Waals surface area contributed by atoms with Crippen molar-refractivity contribution in [2.45, 2.75) is 32.2 Å². The third kappa shape index (κ3) is 4.82. The van der Waals surface area contributed by atoms with Crippen molar-refractivity contribution in [2.24, 2.45) is 0 Å². The molecule has 1 saturated heterocycles. The number of piperidine rings is 1. The quantitative estimate of drug-likeness (QED) is 0.540. The molecule has 2 amide bonds. The number of likely N-dealkylation sites (tertiary alicyclic amines) is 1. The molecule has 1 aromatic carbocycles. The lowest BCUT2D eigenvalue weighted by molar-refractivity contribution is -0.139. The van der Waals surface area contributed by atoms with Crippen molar-refractivity contribution < 1.29 is 14.3 Å². The van der Waals surface area contributed by atoms with Crippen molar-refractivity contribution >= 4 is 23.6 Å². The largest absolute Gasteiger partial charge is 0.463 e. The fourth-order valence-electron chi connectivity index (χ4n) is 3.92. The fourth-order valence-corrected chi connectivity index (χ4v) is 4.16. The van der Waals surface area contributed by atoms with Gasteiger partial charge in [0.05, 0.1) is 18.2 Å². The molecule has 3 rings (SSSR count). The van der Waals surface area contributed by atoms with Gasteiger partial charge in [0.15, 0.2) is 0 Å². The summed E-state index contributed by atoms with van der Waals surface area (Å²) < 4.78 is 5.39. The van der Waals surface area contributed by atoms with Crippen LogP contribution in [0.3, 0.4) is 0 Å². The second-order valence-electron chi connectivity index (χ2n) is 7.22. The van der Waals surface area contributed by atoms with Crippen molar-refractivity contribution in [1.29, 1.82) is 0 Å². The van der Waals surface area contributed by atoms with E-state index in [9.17, 15) is 9.59 Å². The van der Waals surface area contributed by atoms with Crippen LogP contribution in [0.4, 0.5) is 4.79 Å². The summed E-state index contributed by atoms with van der Waals surface area (Å²) in [5.74, 6) is -0.432. The maximum Gasteiger partial charge on any atom is 0.338 e. The highest BCUT2D eigenvalue weighted by Gasteiger charge is 2.39. The van der Waals surface area contributed by atoms with Crippen LogP contribution in [0.25, 0.3) is 0 Å². The van der Waals surface area contributed by atoms with E-state index in [2.05, 4.69) is 16.8 Å². The lowest BCUT2D eigenvalue weighted by atomic mass is 9.93. The minimum atomic E-state index is -0.656. The number of carbonyl (C=O) groups is 2. The molecule has 0 unspecified atom stereocenters. The molecule has 0 aromatic heterocycles. The average molecular weight is 418 g/mol. The van der Waals surface area contributed by atoms with Gasteiger partial charge in [-0.25, -0.2) is 9.59 Å². The van der Waals surface area contributed by atoms with Crippen LogP contribution in [0.2, 0.25) is 5.02 Å². The number of rotatable bonds is 7. The van der Waals surface area contributed by atoms with Gasteiger partial charge < -0.3 is 10.1 Å². The number of nitrogens with one attached hydrogen (secondary N) is 1. The van der Waals surface area contributed by atoms with E-state index in [4.69, 9.17) is 16.3 Å². The highest BCUT2D eigenvalue weighted by Crippen LogP contribution is 2.35. The first-order valence-electron chi connectivity index (χ1n) is 10.1. The number of carbonyl (C=O) groups excluding carboxylic acids is 2. The molecular weight excluding hydrogens is 390 g/mol. The van der Waals surface area contributed by atoms with Crippen LogP contribution in [-0.2, 0) is 9.53 Å². The van der Waals surface area contributed by atoms with Crippen LogP contribution in [0, 0.1) is 0 Å². The second kappa shape index (κ2) is 9.94. The minimum Gasteiger partial charge on any atom is -0.463 e. The molecule has 2 aliphatic heterocycles. The first-order valence-corrected chi connectivity index (χ1v) is 10.5. The van der Waals surface area contributed by atoms with Crippen LogP contribution in [0.1, 0.15) is 37.8 Å². The maximum absolute atomic E-state index is 13.1. The summed E-state index contributed by atoms with van der Waals surface area (Å²) in [6, 6.07) is 6.32. The lowest BCUT2D eigenvalue weighted by Gasteiger charge is -2.39. The zero-order valence-corrected chi connectivity index (χ0v) is 17.6. The standard InChI is InChI=1S/C22H28ClN3O3/c1-3-12-26-18(15-25-13-8-5-9-14-25)19(21(27)29-4-2)20(24-22(26)28)16-10-6-7-11-17(16)23/h3,6-7,10-11,20H,1,4-5,8-9,12-15H2,2H3,(H,24,28)/t20-/m1/s1. The molecule has 7 heteroatoms. The van der Waals surface area contributed by atoms with Crippen LogP contribution < -0.4 is 5.32 Å². The van der Waals surface area contributed by atoms with Gasteiger partial charge in [0.2, 0.25) is 0 Å². The molecule has 1 fully saturated rings. The SMILES string of the molecule is C=CCN1C(=O)N[C@H](c2ccccc2Cl)C(C(=O)OCC)=C1CN1CCCCC1. The zero-order chi connectivity index (χ0) is 20.8. The molecule has 1 aromatic rings. The topological polar surface area (TPSA) is 61.9 Å². The van der Waals surface area contributed by atoms with E-state index in [1.165, 1.54) is 6.42 Å². The number of hydrogen-bond donors (Lipinski definition) is 1. The Balaban J connectivity index is 2.11. The van der Waals surface area contributed by atoms with Crippen molar-refractivity contribution in [1.82, 2.24) is 15.1 Å². The molecular formula is C22H28ClN3O3. The van der Waals surface area contributed by atoms with Crippen molar-refractivity contribution in [3.8, 4) is 0 Å². The van der Waals surface area contributed by atoms with Gasteiger partial charge in [0, 0.05) is 23.8 Å². The molecule has 0 spiro atoms. The third-order valence-electron chi connectivity index (χ3n) is 5.28. The molecule has 156 valence electrons. The van der Waals surface area contributed by atoms with Crippen LogP contribution >= 0.6 is 11.6 Å². The van der Waals surface area contributed by atoms with Crippen molar-refractivity contribution in [3.05, 3.63) is 58.8 Å². The van der Waals surface area contributed by atoms with Crippen LogP contribution in [-0.4, -0.2) is 54.6 Å². The fraction of sp³-hybridized carbons (Fsp3) is 0.455. The van der Waals surface area contributed by atoms with Crippen molar-refractivity contribution in [3.63, 3.8) is 0 Å². The van der Waals surface area contributed by atoms with E-state index in [0.29, 0.717) is 34.9 Å². The van der Waals surface area contributed by atoms with Crippen LogP contribution in [0.5, 0.6) is 0 Å². The Labute approximate surface area is 177 Å². The number of benzene rings is 1. The summed E-state index contributed by atoms with van der Waals surface area (Å²) in [6.45, 7) is 8.51. The van der Waals surface area contributed by atoms with Gasteiger partial charge in [-0.2, -0.15) is 0 Å². The van der Waals surface area contributed by atoms with E-state index in [-0.39, 0.29) is 12.6 Å². The summed E-state index contributed by atoms with van der Waals surface area (Å²) in [6.07, 6.45) is 5.10. The van der Waals surface area contributed by atoms with Gasteiger partial charge in [0.25, 0.3) is 0 Å². The predicted octanol–water partition coefficient (Wildman–Crippen LogP) is 3.90. The summed E-state index contributed by atoms with van der Waals surface area (Å²) in [5.41, 5.74) is 1.78. The zero-order valence-electron chi connectivity index (χ0n) is 16.8. The molecule has 2 heterocycles. The molecule has 0 radical (unpaired) electrons. The smallest absolute Gasteiger partial charge is 0.338 e. The molecule has 29 heavy (non-hydrogen) atoms. The predicted molar refractivity (Wildman–Crippen MR) is 114 cm³/mol. The lowest BCUT2D eigenvalue weighted by Crippen LogP contribution is -2.51. The Morgan fingerprint density at radius 1 is 1.31 bits per heavy atom. The monoisotopic (exact) mass is 417 g/mol. The molecule has 0 aliphatic carbocycles. The number of nitrogens with zero attached hydrogens (tertiary/aromatic N) is 2. The number of amides is 2. The summed E-state index contributed by atoms with van der Waals surface area (Å²) in [4.78, 5) is 29.9. The molecule has 1 N–H and O–H groups in total. The van der Waals surface area contributed by atoms with Gasteiger partial charge in [-0.05, 0) is 44.5 Å². The van der Waals surface area contributed by atoms with E-state index < -0.39 is 12.0 Å². The number of halogens is 1. The molecule has 2 aliphatic rings. The van der Waals surface area contributed by atoms with Crippen LogP contribution in [0.15, 0.2) is 48.2 Å². The molecule has 1 atom stereocenters. The van der Waals surface area contributed by atoms with Crippen molar-refractivity contribution in [2.75, 3.05) is 32.8 Å². The average Bonchev–Trinajstić information content (AvgIpc) is 2.71. The first-order chi connectivity index (χ1) is 14.1. The van der Waals surface area contributed by atoms with Gasteiger partial charge in [-0.1, -0.05) is 42.3 Å². The Kier molecular flexibility index (Phi) is 7.34.